The first-order valence-electron chi connectivity index (χ1n) is 6.82. The number of carbonyl (C=O) groups excluding carboxylic acids is 2. The standard InChI is InChI=1S/C14H17N3O3/c18-13(20-14(19)17-7-5-15-6-8-17)11-2-1-10-3-4-16-12(10)9-11/h1-2,9,15-16H,3-8H2. The van der Waals surface area contributed by atoms with Crippen LogP contribution in [0.2, 0.25) is 0 Å². The lowest BCUT2D eigenvalue weighted by molar-refractivity contribution is 0.0532. The van der Waals surface area contributed by atoms with Crippen LogP contribution in [-0.2, 0) is 11.2 Å². The summed E-state index contributed by atoms with van der Waals surface area (Å²) >= 11 is 0. The molecule has 6 nitrogen and oxygen atoms in total. The average molecular weight is 275 g/mol. The van der Waals surface area contributed by atoms with Crippen LogP contribution in [0.4, 0.5) is 10.5 Å². The lowest BCUT2D eigenvalue weighted by Crippen LogP contribution is -2.47. The monoisotopic (exact) mass is 275 g/mol. The highest BCUT2D eigenvalue weighted by atomic mass is 16.6. The van der Waals surface area contributed by atoms with Crippen LogP contribution in [0.1, 0.15) is 15.9 Å². The zero-order chi connectivity index (χ0) is 13.9. The van der Waals surface area contributed by atoms with Crippen LogP contribution in [0.15, 0.2) is 18.2 Å². The van der Waals surface area contributed by atoms with Gasteiger partial charge in [-0.05, 0) is 24.1 Å². The maximum Gasteiger partial charge on any atom is 0.417 e. The van der Waals surface area contributed by atoms with Crippen LogP contribution in [0.3, 0.4) is 0 Å². The molecule has 1 fully saturated rings. The average Bonchev–Trinajstić information content (AvgIpc) is 2.95. The number of nitrogens with one attached hydrogen (secondary N) is 2. The van der Waals surface area contributed by atoms with Gasteiger partial charge in [-0.15, -0.1) is 0 Å². The largest absolute Gasteiger partial charge is 0.417 e. The van der Waals surface area contributed by atoms with Gasteiger partial charge in [0.05, 0.1) is 5.56 Å². The van der Waals surface area contributed by atoms with Gasteiger partial charge in [-0.1, -0.05) is 6.07 Å². The molecule has 0 aliphatic carbocycles. The molecular formula is C14H17N3O3. The van der Waals surface area contributed by atoms with Crippen molar-refractivity contribution in [3.8, 4) is 0 Å². The third-order valence-corrected chi connectivity index (χ3v) is 3.61. The second-order valence-corrected chi connectivity index (χ2v) is 4.94. The van der Waals surface area contributed by atoms with Crippen molar-refractivity contribution in [3.05, 3.63) is 29.3 Å². The Morgan fingerprint density at radius 2 is 1.95 bits per heavy atom. The molecule has 6 heteroatoms. The van der Waals surface area contributed by atoms with Crippen LogP contribution < -0.4 is 10.6 Å². The number of anilines is 1. The number of benzene rings is 1. The number of esters is 1. The molecule has 1 aromatic carbocycles. The highest BCUT2D eigenvalue weighted by molar-refractivity contribution is 5.97. The molecule has 2 N–H and O–H groups in total. The van der Waals surface area contributed by atoms with E-state index in [0.29, 0.717) is 18.7 Å². The molecule has 0 bridgehead atoms. The molecular weight excluding hydrogens is 258 g/mol. The van der Waals surface area contributed by atoms with Crippen molar-refractivity contribution in [2.75, 3.05) is 38.0 Å². The Morgan fingerprint density at radius 1 is 1.15 bits per heavy atom. The molecule has 0 spiro atoms. The minimum Gasteiger partial charge on any atom is -0.384 e. The molecule has 106 valence electrons. The summed E-state index contributed by atoms with van der Waals surface area (Å²) in [5, 5.41) is 6.34. The van der Waals surface area contributed by atoms with Gasteiger partial charge in [0.1, 0.15) is 0 Å². The summed E-state index contributed by atoms with van der Waals surface area (Å²) in [5.41, 5.74) is 2.55. The van der Waals surface area contributed by atoms with E-state index in [0.717, 1.165) is 31.7 Å². The van der Waals surface area contributed by atoms with Crippen molar-refractivity contribution in [2.45, 2.75) is 6.42 Å². The van der Waals surface area contributed by atoms with E-state index in [9.17, 15) is 9.59 Å². The topological polar surface area (TPSA) is 70.7 Å². The number of hydrogen-bond acceptors (Lipinski definition) is 5. The Hall–Kier alpha value is -2.08. The number of hydrogen-bond donors (Lipinski definition) is 2. The summed E-state index contributed by atoms with van der Waals surface area (Å²) in [5.74, 6) is -0.593. The molecule has 2 aliphatic heterocycles. The van der Waals surface area contributed by atoms with E-state index in [1.807, 2.05) is 6.07 Å². The number of rotatable bonds is 1. The molecule has 20 heavy (non-hydrogen) atoms. The highest BCUT2D eigenvalue weighted by Crippen LogP contribution is 2.23. The van der Waals surface area contributed by atoms with E-state index in [2.05, 4.69) is 10.6 Å². The number of piperazine rings is 1. The predicted octanol–water partition coefficient (Wildman–Crippen LogP) is 0.837. The highest BCUT2D eigenvalue weighted by Gasteiger charge is 2.22. The lowest BCUT2D eigenvalue weighted by atomic mass is 10.1. The lowest BCUT2D eigenvalue weighted by Gasteiger charge is -2.25. The SMILES string of the molecule is O=C(OC(=O)N1CCNCC1)c1ccc2c(c1)NCC2. The van der Waals surface area contributed by atoms with Crippen LogP contribution in [0, 0.1) is 0 Å². The Labute approximate surface area is 117 Å². The maximum atomic E-state index is 12.0. The maximum absolute atomic E-state index is 12.0. The fourth-order valence-electron chi connectivity index (χ4n) is 2.47. The van der Waals surface area contributed by atoms with E-state index < -0.39 is 12.1 Å². The van der Waals surface area contributed by atoms with E-state index in [4.69, 9.17) is 4.74 Å². The Kier molecular flexibility index (Phi) is 3.56. The van der Waals surface area contributed by atoms with Gasteiger partial charge in [0.25, 0.3) is 0 Å². The molecule has 2 heterocycles. The van der Waals surface area contributed by atoms with E-state index in [1.165, 1.54) is 5.56 Å². The Morgan fingerprint density at radius 3 is 2.75 bits per heavy atom. The first-order chi connectivity index (χ1) is 9.74. The van der Waals surface area contributed by atoms with Gasteiger partial charge in [-0.3, -0.25) is 0 Å². The van der Waals surface area contributed by atoms with Gasteiger partial charge in [0.2, 0.25) is 0 Å². The summed E-state index contributed by atoms with van der Waals surface area (Å²) in [6.45, 7) is 3.47. The first-order valence-corrected chi connectivity index (χ1v) is 6.82. The van der Waals surface area contributed by atoms with Gasteiger partial charge < -0.3 is 20.3 Å². The third kappa shape index (κ3) is 2.60. The van der Waals surface area contributed by atoms with E-state index in [-0.39, 0.29) is 0 Å². The summed E-state index contributed by atoms with van der Waals surface area (Å²) in [7, 11) is 0. The Balaban J connectivity index is 1.65. The normalized spacial score (nSPS) is 17.3. The molecule has 0 atom stereocenters. The van der Waals surface area contributed by atoms with Crippen molar-refractivity contribution in [2.24, 2.45) is 0 Å². The fourth-order valence-corrected chi connectivity index (χ4v) is 2.47. The van der Waals surface area contributed by atoms with Gasteiger partial charge in [-0.2, -0.15) is 0 Å². The molecule has 1 saturated heterocycles. The molecule has 3 rings (SSSR count). The second-order valence-electron chi connectivity index (χ2n) is 4.94. The quantitative estimate of drug-likeness (QED) is 0.587. The molecule has 0 unspecified atom stereocenters. The third-order valence-electron chi connectivity index (χ3n) is 3.61. The minimum atomic E-state index is -0.593. The van der Waals surface area contributed by atoms with E-state index in [1.54, 1.807) is 17.0 Å². The summed E-state index contributed by atoms with van der Waals surface area (Å²) < 4.78 is 4.93. The van der Waals surface area contributed by atoms with Crippen LogP contribution in [0.25, 0.3) is 0 Å². The zero-order valence-electron chi connectivity index (χ0n) is 11.1. The number of amides is 1. The van der Waals surface area contributed by atoms with Crippen molar-refractivity contribution in [1.29, 1.82) is 0 Å². The minimum absolute atomic E-state index is 0.404. The molecule has 1 amide bonds. The number of carbonyl (C=O) groups is 2. The fraction of sp³-hybridized carbons (Fsp3) is 0.429. The van der Waals surface area contributed by atoms with Gasteiger partial charge >= 0.3 is 12.1 Å². The molecule has 2 aliphatic rings. The summed E-state index contributed by atoms with van der Waals surface area (Å²) in [4.78, 5) is 25.4. The van der Waals surface area contributed by atoms with Crippen LogP contribution in [0.5, 0.6) is 0 Å². The number of nitrogens with zero attached hydrogens (tertiary/aromatic N) is 1. The zero-order valence-corrected chi connectivity index (χ0v) is 11.1. The van der Waals surface area contributed by atoms with Crippen molar-refractivity contribution in [1.82, 2.24) is 10.2 Å². The van der Waals surface area contributed by atoms with Gasteiger partial charge in [0, 0.05) is 38.4 Å². The smallest absolute Gasteiger partial charge is 0.384 e. The van der Waals surface area contributed by atoms with Crippen LogP contribution in [-0.4, -0.2) is 49.7 Å². The van der Waals surface area contributed by atoms with Crippen LogP contribution >= 0.6 is 0 Å². The molecule has 0 saturated carbocycles. The molecule has 0 aromatic heterocycles. The van der Waals surface area contributed by atoms with Gasteiger partial charge in [-0.25, -0.2) is 9.59 Å². The van der Waals surface area contributed by atoms with Crippen molar-refractivity contribution < 1.29 is 14.3 Å². The predicted molar refractivity (Wildman–Crippen MR) is 73.9 cm³/mol. The molecule has 1 aromatic rings. The summed E-state index contributed by atoms with van der Waals surface area (Å²) in [6, 6.07) is 5.36. The Bertz CT molecular complexity index is 538. The van der Waals surface area contributed by atoms with E-state index >= 15 is 0 Å². The number of ether oxygens (including phenoxy) is 1. The van der Waals surface area contributed by atoms with Gasteiger partial charge in [0.15, 0.2) is 0 Å². The summed E-state index contributed by atoms with van der Waals surface area (Å²) in [6.07, 6.45) is 0.398. The molecule has 0 radical (unpaired) electrons. The van der Waals surface area contributed by atoms with Crippen molar-refractivity contribution >= 4 is 17.7 Å². The first kappa shape index (κ1) is 12.9. The second kappa shape index (κ2) is 5.50. The van der Waals surface area contributed by atoms with Crippen molar-refractivity contribution in [3.63, 3.8) is 0 Å². The number of fused-ring (bicyclic) bond motifs is 1.